The highest BCUT2D eigenvalue weighted by molar-refractivity contribution is 5.43. The summed E-state index contributed by atoms with van der Waals surface area (Å²) in [6.07, 6.45) is 0. The van der Waals surface area contributed by atoms with Gasteiger partial charge in [0.25, 0.3) is 0 Å². The molecule has 0 radical (unpaired) electrons. The molecule has 1 rings (SSSR count). The van der Waals surface area contributed by atoms with Crippen LogP contribution in [0.5, 0.6) is 5.75 Å². The number of benzene rings is 1. The van der Waals surface area contributed by atoms with Gasteiger partial charge in [0, 0.05) is 0 Å². The molecule has 1 aromatic rings. The molecule has 0 unspecified atom stereocenters. The predicted octanol–water partition coefficient (Wildman–Crippen LogP) is 3.31. The second-order valence-electron chi connectivity index (χ2n) is 4.69. The van der Waals surface area contributed by atoms with Crippen LogP contribution in [-0.4, -0.2) is 5.11 Å². The van der Waals surface area contributed by atoms with E-state index in [0.717, 1.165) is 5.56 Å². The lowest BCUT2D eigenvalue weighted by Crippen LogP contribution is -2.13. The minimum atomic E-state index is 0.105. The van der Waals surface area contributed by atoms with Crippen LogP contribution in [0.15, 0.2) is 12.1 Å². The number of hydrogen-bond acceptors (Lipinski definition) is 1. The van der Waals surface area contributed by atoms with Crippen LogP contribution >= 0.6 is 0 Å². The van der Waals surface area contributed by atoms with Crippen LogP contribution in [0.3, 0.4) is 0 Å². The number of phenols is 1. The molecule has 1 N–H and O–H groups in total. The second kappa shape index (κ2) is 3.06. The Bertz CT molecular complexity index is 319. The molecule has 0 spiro atoms. The highest BCUT2D eigenvalue weighted by Gasteiger charge is 2.17. The van der Waals surface area contributed by atoms with Crippen LogP contribution in [0.1, 0.15) is 37.5 Å². The molecule has 0 aliphatic carbocycles. The lowest BCUT2D eigenvalue weighted by atomic mass is 9.82. The van der Waals surface area contributed by atoms with E-state index in [4.69, 9.17) is 0 Å². The van der Waals surface area contributed by atoms with E-state index < -0.39 is 0 Å². The van der Waals surface area contributed by atoms with Gasteiger partial charge in [0.2, 0.25) is 0 Å². The van der Waals surface area contributed by atoms with Crippen LogP contribution in [0, 0.1) is 13.8 Å². The fourth-order valence-electron chi connectivity index (χ4n) is 1.62. The molecule has 0 aliphatic heterocycles. The number of aryl methyl sites for hydroxylation is 1. The minimum Gasteiger partial charge on any atom is -0.508 e. The molecule has 0 aromatic heterocycles. The lowest BCUT2D eigenvalue weighted by molar-refractivity contribution is 0.470. The van der Waals surface area contributed by atoms with Crippen LogP contribution in [0.4, 0.5) is 0 Å². The largest absolute Gasteiger partial charge is 0.508 e. The Labute approximate surface area is 80.4 Å². The zero-order chi connectivity index (χ0) is 10.2. The van der Waals surface area contributed by atoms with E-state index in [-0.39, 0.29) is 5.41 Å². The fraction of sp³-hybridized carbons (Fsp3) is 0.500. The van der Waals surface area contributed by atoms with Gasteiger partial charge >= 0.3 is 0 Å². The number of phenolic OH excluding ortho intramolecular Hbond substituents is 1. The molecule has 1 nitrogen and oxygen atoms in total. The summed E-state index contributed by atoms with van der Waals surface area (Å²) in [6, 6.07) is 3.67. The van der Waals surface area contributed by atoms with E-state index in [1.165, 1.54) is 11.1 Å². The van der Waals surface area contributed by atoms with Crippen molar-refractivity contribution >= 4 is 0 Å². The summed E-state index contributed by atoms with van der Waals surface area (Å²) < 4.78 is 0. The second-order valence-corrected chi connectivity index (χ2v) is 4.69. The van der Waals surface area contributed by atoms with Gasteiger partial charge in [-0.1, -0.05) is 20.8 Å². The molecule has 0 saturated carbocycles. The Kier molecular flexibility index (Phi) is 2.38. The topological polar surface area (TPSA) is 20.2 Å². The Morgan fingerprint density at radius 3 is 2.08 bits per heavy atom. The third-order valence-corrected chi connectivity index (χ3v) is 2.46. The number of hydrogen-bond donors (Lipinski definition) is 1. The summed E-state index contributed by atoms with van der Waals surface area (Å²) in [5.74, 6) is 0.369. The Hall–Kier alpha value is -0.980. The first-order valence-electron chi connectivity index (χ1n) is 4.63. The van der Waals surface area contributed by atoms with E-state index in [0.29, 0.717) is 5.75 Å². The van der Waals surface area contributed by atoms with Crippen molar-refractivity contribution in [1.82, 2.24) is 0 Å². The first-order valence-corrected chi connectivity index (χ1v) is 4.63. The summed E-state index contributed by atoms with van der Waals surface area (Å²) in [5, 5.41) is 9.48. The van der Waals surface area contributed by atoms with Crippen molar-refractivity contribution in [2.75, 3.05) is 0 Å². The Morgan fingerprint density at radius 1 is 1.08 bits per heavy atom. The average Bonchev–Trinajstić information content (AvgIpc) is 1.94. The summed E-state index contributed by atoms with van der Waals surface area (Å²) in [4.78, 5) is 0. The van der Waals surface area contributed by atoms with Gasteiger partial charge in [0.1, 0.15) is 5.75 Å². The molecule has 0 aliphatic rings. The van der Waals surface area contributed by atoms with Crippen molar-refractivity contribution < 1.29 is 5.11 Å². The molecule has 0 bridgehead atoms. The van der Waals surface area contributed by atoms with Crippen LogP contribution in [0.2, 0.25) is 0 Å². The summed E-state index contributed by atoms with van der Waals surface area (Å²) >= 11 is 0. The van der Waals surface area contributed by atoms with Crippen molar-refractivity contribution in [1.29, 1.82) is 0 Å². The minimum absolute atomic E-state index is 0.105. The number of aromatic hydroxyl groups is 1. The third-order valence-electron chi connectivity index (χ3n) is 2.46. The first-order chi connectivity index (χ1) is 5.82. The van der Waals surface area contributed by atoms with Crippen molar-refractivity contribution in [3.05, 3.63) is 28.8 Å². The third kappa shape index (κ3) is 2.03. The Morgan fingerprint density at radius 2 is 1.62 bits per heavy atom. The van der Waals surface area contributed by atoms with E-state index >= 15 is 0 Å². The maximum atomic E-state index is 9.48. The smallest absolute Gasteiger partial charge is 0.116 e. The number of rotatable bonds is 0. The van der Waals surface area contributed by atoms with Gasteiger partial charge in [-0.2, -0.15) is 0 Å². The van der Waals surface area contributed by atoms with Crippen LogP contribution in [0.25, 0.3) is 0 Å². The molecule has 1 aromatic carbocycles. The van der Waals surface area contributed by atoms with Crippen molar-refractivity contribution in [3.8, 4) is 5.75 Å². The van der Waals surface area contributed by atoms with E-state index in [2.05, 4.69) is 27.7 Å². The molecular formula is C12H18O. The summed E-state index contributed by atoms with van der Waals surface area (Å²) in [7, 11) is 0. The maximum absolute atomic E-state index is 9.48. The van der Waals surface area contributed by atoms with Gasteiger partial charge < -0.3 is 5.11 Å². The SMILES string of the molecule is Cc1cc(O)cc(C(C)(C)C)c1C. The standard InChI is InChI=1S/C12H18O/c1-8-6-10(13)7-11(9(8)2)12(3,4)5/h6-7,13H,1-5H3. The van der Waals surface area contributed by atoms with E-state index in [1.54, 1.807) is 0 Å². The zero-order valence-electron chi connectivity index (χ0n) is 9.10. The van der Waals surface area contributed by atoms with Crippen molar-refractivity contribution in [2.24, 2.45) is 0 Å². The van der Waals surface area contributed by atoms with Gasteiger partial charge in [-0.05, 0) is 48.1 Å². The normalized spacial score (nSPS) is 11.8. The van der Waals surface area contributed by atoms with Gasteiger partial charge in [-0.15, -0.1) is 0 Å². The predicted molar refractivity (Wildman–Crippen MR) is 56.3 cm³/mol. The first kappa shape index (κ1) is 10.1. The molecule has 0 atom stereocenters. The summed E-state index contributed by atoms with van der Waals surface area (Å²) in [6.45, 7) is 10.6. The fourth-order valence-corrected chi connectivity index (χ4v) is 1.62. The van der Waals surface area contributed by atoms with E-state index in [9.17, 15) is 5.11 Å². The Balaban J connectivity index is 3.37. The van der Waals surface area contributed by atoms with E-state index in [1.807, 2.05) is 19.1 Å². The lowest BCUT2D eigenvalue weighted by Gasteiger charge is -2.23. The molecule has 0 heterocycles. The van der Waals surface area contributed by atoms with Gasteiger partial charge in [-0.25, -0.2) is 0 Å². The van der Waals surface area contributed by atoms with Crippen LogP contribution < -0.4 is 0 Å². The molecule has 72 valence electrons. The van der Waals surface area contributed by atoms with Gasteiger partial charge in [0.15, 0.2) is 0 Å². The molecular weight excluding hydrogens is 160 g/mol. The van der Waals surface area contributed by atoms with Crippen LogP contribution in [-0.2, 0) is 5.41 Å². The van der Waals surface area contributed by atoms with Crippen molar-refractivity contribution in [2.45, 2.75) is 40.0 Å². The quantitative estimate of drug-likeness (QED) is 0.646. The maximum Gasteiger partial charge on any atom is 0.116 e. The van der Waals surface area contributed by atoms with Gasteiger partial charge in [-0.3, -0.25) is 0 Å². The van der Waals surface area contributed by atoms with Gasteiger partial charge in [0.05, 0.1) is 0 Å². The molecule has 13 heavy (non-hydrogen) atoms. The monoisotopic (exact) mass is 178 g/mol. The molecule has 0 saturated heterocycles. The van der Waals surface area contributed by atoms with Crippen molar-refractivity contribution in [3.63, 3.8) is 0 Å². The average molecular weight is 178 g/mol. The molecule has 0 amide bonds. The zero-order valence-corrected chi connectivity index (χ0v) is 9.10. The molecule has 1 heteroatoms. The highest BCUT2D eigenvalue weighted by Crippen LogP contribution is 2.30. The highest BCUT2D eigenvalue weighted by atomic mass is 16.3. The summed E-state index contributed by atoms with van der Waals surface area (Å²) in [5.41, 5.74) is 3.77. The molecule has 0 fully saturated rings.